The lowest BCUT2D eigenvalue weighted by atomic mass is 10.2. The van der Waals surface area contributed by atoms with Crippen LogP contribution in [-0.2, 0) is 19.6 Å². The van der Waals surface area contributed by atoms with Gasteiger partial charge in [0, 0.05) is 18.7 Å². The van der Waals surface area contributed by atoms with E-state index in [1.807, 2.05) is 30.3 Å². The van der Waals surface area contributed by atoms with Crippen molar-refractivity contribution in [3.05, 3.63) is 71.4 Å². The Hall–Kier alpha value is -2.77. The summed E-state index contributed by atoms with van der Waals surface area (Å²) in [6.45, 7) is 4.33. The van der Waals surface area contributed by atoms with Crippen molar-refractivity contribution in [2.24, 2.45) is 4.99 Å². The molecule has 0 fully saturated rings. The van der Waals surface area contributed by atoms with Crippen LogP contribution in [0.5, 0.6) is 0 Å². The number of hydrogen-bond donors (Lipinski definition) is 0. The van der Waals surface area contributed by atoms with Crippen molar-refractivity contribution >= 4 is 28.0 Å². The number of benzene rings is 2. The number of hydrogen-bond acceptors (Lipinski definition) is 5. The van der Waals surface area contributed by atoms with Gasteiger partial charge < -0.3 is 4.74 Å². The molecule has 140 valence electrons. The van der Waals surface area contributed by atoms with Crippen LogP contribution in [0.25, 0.3) is 6.08 Å². The Balaban J connectivity index is 1.95. The third kappa shape index (κ3) is 3.99. The lowest BCUT2D eigenvalue weighted by Gasteiger charge is -2.18. The Bertz CT molecular complexity index is 1010. The maximum atomic E-state index is 12.7. The van der Waals surface area contributed by atoms with E-state index in [9.17, 15) is 13.2 Å². The molecule has 0 aliphatic carbocycles. The first-order chi connectivity index (χ1) is 13.0. The zero-order chi connectivity index (χ0) is 19.4. The molecule has 1 aliphatic heterocycles. The van der Waals surface area contributed by atoms with Crippen molar-refractivity contribution in [3.63, 3.8) is 0 Å². The van der Waals surface area contributed by atoms with Gasteiger partial charge in [-0.15, -0.1) is 0 Å². The summed E-state index contributed by atoms with van der Waals surface area (Å²) in [5.74, 6) is -0.468. The van der Waals surface area contributed by atoms with Gasteiger partial charge in [0.15, 0.2) is 5.70 Å². The average Bonchev–Trinajstić information content (AvgIpc) is 3.04. The molecular weight excluding hydrogens is 364 g/mol. The van der Waals surface area contributed by atoms with Gasteiger partial charge >= 0.3 is 5.97 Å². The molecule has 0 atom stereocenters. The van der Waals surface area contributed by atoms with Crippen LogP contribution in [0.4, 0.5) is 0 Å². The first-order valence-corrected chi connectivity index (χ1v) is 10.1. The van der Waals surface area contributed by atoms with Gasteiger partial charge in [0.25, 0.3) is 0 Å². The minimum absolute atomic E-state index is 0.0961. The number of nitrogens with zero attached hydrogens (tertiary/aromatic N) is 2. The predicted octanol–water partition coefficient (Wildman–Crippen LogP) is 3.06. The molecule has 0 bridgehead atoms. The van der Waals surface area contributed by atoms with Crippen molar-refractivity contribution in [3.8, 4) is 0 Å². The van der Waals surface area contributed by atoms with Crippen LogP contribution in [-0.4, -0.2) is 37.7 Å². The normalized spacial score (nSPS) is 15.9. The second kappa shape index (κ2) is 7.85. The first kappa shape index (κ1) is 19.0. The van der Waals surface area contributed by atoms with Crippen LogP contribution < -0.4 is 0 Å². The largest absolute Gasteiger partial charge is 0.402 e. The number of carbonyl (C=O) groups excluding carboxylic acids is 1. The van der Waals surface area contributed by atoms with E-state index in [-0.39, 0.29) is 16.5 Å². The number of ether oxygens (including phenoxy) is 1. The molecule has 0 unspecified atom stereocenters. The summed E-state index contributed by atoms with van der Waals surface area (Å²) in [4.78, 5) is 16.5. The number of aliphatic imine (C=N–C) groups is 1. The smallest absolute Gasteiger partial charge is 0.363 e. The summed E-state index contributed by atoms with van der Waals surface area (Å²) in [7, 11) is -3.61. The van der Waals surface area contributed by atoms with Crippen LogP contribution in [0, 0.1) is 0 Å². The Labute approximate surface area is 158 Å². The van der Waals surface area contributed by atoms with Crippen LogP contribution in [0.1, 0.15) is 25.0 Å². The second-order valence-corrected chi connectivity index (χ2v) is 7.80. The van der Waals surface area contributed by atoms with E-state index in [4.69, 9.17) is 4.74 Å². The van der Waals surface area contributed by atoms with Crippen molar-refractivity contribution in [2.75, 3.05) is 13.1 Å². The maximum Gasteiger partial charge on any atom is 0.363 e. The fourth-order valence-corrected chi connectivity index (χ4v) is 4.25. The number of esters is 1. The fourth-order valence-electron chi connectivity index (χ4n) is 2.74. The predicted molar refractivity (Wildman–Crippen MR) is 104 cm³/mol. The number of sulfonamides is 1. The van der Waals surface area contributed by atoms with Crippen LogP contribution in [0.15, 0.2) is 70.2 Å². The van der Waals surface area contributed by atoms with Gasteiger partial charge in [-0.1, -0.05) is 50.2 Å². The van der Waals surface area contributed by atoms with Gasteiger partial charge in [-0.25, -0.2) is 18.2 Å². The molecule has 0 amide bonds. The summed E-state index contributed by atoms with van der Waals surface area (Å²) < 4.78 is 32.0. The highest BCUT2D eigenvalue weighted by atomic mass is 32.2. The molecule has 2 aromatic rings. The maximum absolute atomic E-state index is 12.7. The SMILES string of the molecule is CCN(CC)S(=O)(=O)c1cccc(C2=N/C(=C\c3ccccc3)C(=O)O2)c1. The Morgan fingerprint density at radius 3 is 2.41 bits per heavy atom. The lowest BCUT2D eigenvalue weighted by molar-refractivity contribution is -0.129. The van der Waals surface area contributed by atoms with Gasteiger partial charge in [0.05, 0.1) is 4.90 Å². The molecule has 6 nitrogen and oxygen atoms in total. The molecule has 7 heteroatoms. The minimum Gasteiger partial charge on any atom is -0.402 e. The highest BCUT2D eigenvalue weighted by Gasteiger charge is 2.26. The molecule has 1 heterocycles. The summed E-state index contributed by atoms with van der Waals surface area (Å²) >= 11 is 0. The van der Waals surface area contributed by atoms with E-state index in [0.29, 0.717) is 18.7 Å². The van der Waals surface area contributed by atoms with E-state index in [1.54, 1.807) is 32.1 Å². The van der Waals surface area contributed by atoms with Gasteiger partial charge in [-0.2, -0.15) is 4.31 Å². The number of rotatable bonds is 6. The molecule has 0 spiro atoms. The highest BCUT2D eigenvalue weighted by molar-refractivity contribution is 7.89. The second-order valence-electron chi connectivity index (χ2n) is 5.86. The molecule has 0 radical (unpaired) electrons. The van der Waals surface area contributed by atoms with E-state index in [0.717, 1.165) is 5.56 Å². The molecule has 0 saturated carbocycles. The van der Waals surface area contributed by atoms with Crippen molar-refractivity contribution in [1.29, 1.82) is 0 Å². The first-order valence-electron chi connectivity index (χ1n) is 8.64. The van der Waals surface area contributed by atoms with Crippen LogP contribution >= 0.6 is 0 Å². The van der Waals surface area contributed by atoms with Crippen molar-refractivity contribution in [1.82, 2.24) is 4.31 Å². The molecule has 2 aromatic carbocycles. The molecule has 27 heavy (non-hydrogen) atoms. The van der Waals surface area contributed by atoms with Gasteiger partial charge in [-0.05, 0) is 29.8 Å². The van der Waals surface area contributed by atoms with E-state index < -0.39 is 16.0 Å². The Kier molecular flexibility index (Phi) is 5.53. The zero-order valence-corrected chi connectivity index (χ0v) is 15.9. The quantitative estimate of drug-likeness (QED) is 0.567. The monoisotopic (exact) mass is 384 g/mol. The third-order valence-electron chi connectivity index (χ3n) is 4.15. The highest BCUT2D eigenvalue weighted by Crippen LogP contribution is 2.22. The van der Waals surface area contributed by atoms with Gasteiger partial charge in [-0.3, -0.25) is 0 Å². The standard InChI is InChI=1S/C20H20N2O4S/c1-3-22(4-2)27(24,25)17-12-8-11-16(14-17)19-21-18(20(23)26-19)13-15-9-6-5-7-10-15/h5-14H,3-4H2,1-2H3/b18-13-. The van der Waals surface area contributed by atoms with E-state index in [2.05, 4.69) is 4.99 Å². The summed E-state index contributed by atoms with van der Waals surface area (Å²) in [5, 5.41) is 0. The number of cyclic esters (lactones) is 1. The summed E-state index contributed by atoms with van der Waals surface area (Å²) in [6, 6.07) is 15.6. The van der Waals surface area contributed by atoms with Crippen molar-refractivity contribution < 1.29 is 17.9 Å². The summed E-state index contributed by atoms with van der Waals surface area (Å²) in [6.07, 6.45) is 1.63. The van der Waals surface area contributed by atoms with Gasteiger partial charge in [0.1, 0.15) is 0 Å². The molecule has 0 aromatic heterocycles. The zero-order valence-electron chi connectivity index (χ0n) is 15.1. The van der Waals surface area contributed by atoms with Gasteiger partial charge in [0.2, 0.25) is 15.9 Å². The average molecular weight is 384 g/mol. The van der Waals surface area contributed by atoms with Crippen LogP contribution in [0.3, 0.4) is 0 Å². The minimum atomic E-state index is -3.61. The molecule has 0 saturated heterocycles. The van der Waals surface area contributed by atoms with Crippen molar-refractivity contribution in [2.45, 2.75) is 18.7 Å². The Morgan fingerprint density at radius 1 is 1.04 bits per heavy atom. The molecular formula is C20H20N2O4S. The van der Waals surface area contributed by atoms with E-state index >= 15 is 0 Å². The third-order valence-corrected chi connectivity index (χ3v) is 6.19. The fraction of sp³-hybridized carbons (Fsp3) is 0.200. The van der Waals surface area contributed by atoms with Crippen LogP contribution in [0.2, 0.25) is 0 Å². The Morgan fingerprint density at radius 2 is 1.74 bits per heavy atom. The lowest BCUT2D eigenvalue weighted by Crippen LogP contribution is -2.30. The molecule has 1 aliphatic rings. The molecule has 0 N–H and O–H groups in total. The topological polar surface area (TPSA) is 76.0 Å². The number of carbonyl (C=O) groups is 1. The van der Waals surface area contributed by atoms with E-state index in [1.165, 1.54) is 16.4 Å². The molecule has 3 rings (SSSR count). The summed E-state index contributed by atoms with van der Waals surface area (Å²) in [5.41, 5.74) is 1.44.